The first-order valence-corrected chi connectivity index (χ1v) is 7.24. The van der Waals surface area contributed by atoms with E-state index in [1.807, 2.05) is 0 Å². The van der Waals surface area contributed by atoms with Crippen molar-refractivity contribution >= 4 is 11.7 Å². The highest BCUT2D eigenvalue weighted by Gasteiger charge is 2.36. The van der Waals surface area contributed by atoms with Crippen LogP contribution in [0.2, 0.25) is 0 Å². The second-order valence-electron chi connectivity index (χ2n) is 5.45. The highest BCUT2D eigenvalue weighted by Crippen LogP contribution is 2.26. The summed E-state index contributed by atoms with van der Waals surface area (Å²) in [4.78, 5) is 26.3. The standard InChI is InChI=1S/C14H24N2O2/c1-15-14(18)12-8-5-6-10-16(12)11-7-3-2-4-9-13(11)17/h11-12H,2-10H2,1H3,(H,15,18). The van der Waals surface area contributed by atoms with Crippen molar-refractivity contribution in [2.75, 3.05) is 13.6 Å². The number of hydrogen-bond acceptors (Lipinski definition) is 3. The molecule has 0 aromatic heterocycles. The van der Waals surface area contributed by atoms with Crippen LogP contribution < -0.4 is 5.32 Å². The Balaban J connectivity index is 2.11. The van der Waals surface area contributed by atoms with Crippen LogP contribution in [0.25, 0.3) is 0 Å². The third-order valence-electron chi connectivity index (χ3n) is 4.27. The maximum Gasteiger partial charge on any atom is 0.237 e. The first-order chi connectivity index (χ1) is 8.74. The number of amides is 1. The lowest BCUT2D eigenvalue weighted by molar-refractivity contribution is -0.133. The van der Waals surface area contributed by atoms with Crippen LogP contribution >= 0.6 is 0 Å². The molecular weight excluding hydrogens is 228 g/mol. The van der Waals surface area contributed by atoms with Crippen LogP contribution in [-0.4, -0.2) is 42.3 Å². The maximum absolute atomic E-state index is 12.2. The van der Waals surface area contributed by atoms with Gasteiger partial charge in [-0.1, -0.05) is 19.3 Å². The minimum absolute atomic E-state index is 0.00454. The minimum atomic E-state index is -0.0872. The van der Waals surface area contributed by atoms with Crippen LogP contribution in [0, 0.1) is 0 Å². The summed E-state index contributed by atoms with van der Waals surface area (Å²) in [7, 11) is 1.68. The monoisotopic (exact) mass is 252 g/mol. The number of nitrogens with zero attached hydrogens (tertiary/aromatic N) is 1. The minimum Gasteiger partial charge on any atom is -0.358 e. The third kappa shape index (κ3) is 2.91. The van der Waals surface area contributed by atoms with Gasteiger partial charge in [0.2, 0.25) is 5.91 Å². The van der Waals surface area contributed by atoms with Crippen molar-refractivity contribution in [1.82, 2.24) is 10.2 Å². The van der Waals surface area contributed by atoms with E-state index in [-0.39, 0.29) is 18.0 Å². The molecule has 0 radical (unpaired) electrons. The summed E-state index contributed by atoms with van der Waals surface area (Å²) in [5, 5.41) is 2.74. The number of ketones is 1. The fourth-order valence-corrected chi connectivity index (χ4v) is 3.27. The van der Waals surface area contributed by atoms with Crippen molar-refractivity contribution < 1.29 is 9.59 Å². The highest BCUT2D eigenvalue weighted by molar-refractivity contribution is 5.86. The van der Waals surface area contributed by atoms with E-state index in [0.717, 1.165) is 51.5 Å². The number of nitrogens with one attached hydrogen (secondary N) is 1. The number of carbonyl (C=O) groups is 2. The highest BCUT2D eigenvalue weighted by atomic mass is 16.2. The smallest absolute Gasteiger partial charge is 0.237 e. The summed E-state index contributed by atoms with van der Waals surface area (Å²) in [6.07, 6.45) is 8.02. The molecule has 0 aromatic rings. The second kappa shape index (κ2) is 6.32. The van der Waals surface area contributed by atoms with Crippen LogP contribution in [-0.2, 0) is 9.59 Å². The lowest BCUT2D eigenvalue weighted by Crippen LogP contribution is -2.55. The summed E-state index contributed by atoms with van der Waals surface area (Å²) in [6, 6.07) is -0.0918. The normalized spacial score (nSPS) is 30.8. The van der Waals surface area contributed by atoms with Crippen LogP contribution in [0.5, 0.6) is 0 Å². The number of piperidine rings is 1. The summed E-state index contributed by atoms with van der Waals surface area (Å²) < 4.78 is 0. The van der Waals surface area contributed by atoms with Gasteiger partial charge in [-0.25, -0.2) is 0 Å². The molecule has 1 saturated heterocycles. The zero-order valence-electron chi connectivity index (χ0n) is 11.3. The lowest BCUT2D eigenvalue weighted by atomic mass is 9.95. The largest absolute Gasteiger partial charge is 0.358 e. The average molecular weight is 252 g/mol. The molecule has 1 aliphatic heterocycles. The van der Waals surface area contributed by atoms with Crippen LogP contribution in [0.15, 0.2) is 0 Å². The van der Waals surface area contributed by atoms with Gasteiger partial charge < -0.3 is 5.32 Å². The van der Waals surface area contributed by atoms with Crippen molar-refractivity contribution in [1.29, 1.82) is 0 Å². The Kier molecular flexibility index (Phi) is 4.75. The Labute approximate surface area is 109 Å². The van der Waals surface area contributed by atoms with Crippen molar-refractivity contribution in [2.45, 2.75) is 63.5 Å². The summed E-state index contributed by atoms with van der Waals surface area (Å²) in [5.41, 5.74) is 0. The zero-order valence-corrected chi connectivity index (χ0v) is 11.3. The zero-order chi connectivity index (χ0) is 13.0. The topological polar surface area (TPSA) is 49.4 Å². The van der Waals surface area contributed by atoms with Crippen LogP contribution in [0.1, 0.15) is 51.4 Å². The van der Waals surface area contributed by atoms with Crippen molar-refractivity contribution in [3.63, 3.8) is 0 Å². The summed E-state index contributed by atoms with van der Waals surface area (Å²) in [5.74, 6) is 0.426. The van der Waals surface area contributed by atoms with E-state index in [2.05, 4.69) is 10.2 Å². The van der Waals surface area contributed by atoms with E-state index >= 15 is 0 Å². The van der Waals surface area contributed by atoms with Crippen molar-refractivity contribution in [3.05, 3.63) is 0 Å². The van der Waals surface area contributed by atoms with Gasteiger partial charge in [0.25, 0.3) is 0 Å². The number of carbonyl (C=O) groups excluding carboxylic acids is 2. The Hall–Kier alpha value is -0.900. The number of hydrogen-bond donors (Lipinski definition) is 1. The maximum atomic E-state index is 12.2. The van der Waals surface area contributed by atoms with Gasteiger partial charge in [-0.2, -0.15) is 0 Å². The number of likely N-dealkylation sites (N-methyl/N-ethyl adjacent to an activating group) is 1. The van der Waals surface area contributed by atoms with Gasteiger partial charge in [-0.05, 0) is 32.2 Å². The molecule has 1 N–H and O–H groups in total. The molecule has 1 aliphatic carbocycles. The Morgan fingerprint density at radius 2 is 1.94 bits per heavy atom. The van der Waals surface area contributed by atoms with Crippen LogP contribution in [0.3, 0.4) is 0 Å². The van der Waals surface area contributed by atoms with E-state index in [4.69, 9.17) is 0 Å². The molecule has 2 rings (SSSR count). The average Bonchev–Trinajstić information content (AvgIpc) is 2.62. The van der Waals surface area contributed by atoms with Crippen molar-refractivity contribution in [3.8, 4) is 0 Å². The van der Waals surface area contributed by atoms with Gasteiger partial charge >= 0.3 is 0 Å². The van der Waals surface area contributed by atoms with E-state index in [9.17, 15) is 9.59 Å². The van der Waals surface area contributed by atoms with Gasteiger partial charge in [-0.3, -0.25) is 14.5 Å². The van der Waals surface area contributed by atoms with Gasteiger partial charge in [0.05, 0.1) is 12.1 Å². The van der Waals surface area contributed by atoms with Gasteiger partial charge in [0.15, 0.2) is 0 Å². The summed E-state index contributed by atoms with van der Waals surface area (Å²) >= 11 is 0. The van der Waals surface area contributed by atoms with Gasteiger partial charge in [0.1, 0.15) is 5.78 Å². The fraction of sp³-hybridized carbons (Fsp3) is 0.857. The van der Waals surface area contributed by atoms with E-state index in [1.54, 1.807) is 7.05 Å². The molecule has 4 heteroatoms. The quantitative estimate of drug-likeness (QED) is 0.758. The Bertz CT molecular complexity index is 317. The molecule has 2 unspecified atom stereocenters. The second-order valence-corrected chi connectivity index (χ2v) is 5.45. The van der Waals surface area contributed by atoms with Gasteiger partial charge in [0, 0.05) is 13.5 Å². The van der Waals surface area contributed by atoms with E-state index < -0.39 is 0 Å². The molecule has 1 amide bonds. The molecule has 1 saturated carbocycles. The van der Waals surface area contributed by atoms with Crippen molar-refractivity contribution in [2.24, 2.45) is 0 Å². The molecule has 18 heavy (non-hydrogen) atoms. The molecule has 4 nitrogen and oxygen atoms in total. The predicted octanol–water partition coefficient (Wildman–Crippen LogP) is 1.49. The fourth-order valence-electron chi connectivity index (χ4n) is 3.27. The first-order valence-electron chi connectivity index (χ1n) is 7.24. The molecule has 0 aromatic carbocycles. The molecule has 1 heterocycles. The third-order valence-corrected chi connectivity index (χ3v) is 4.27. The Morgan fingerprint density at radius 3 is 2.72 bits per heavy atom. The number of Topliss-reactive ketones (excluding diaryl/α,β-unsaturated/α-hetero) is 1. The number of rotatable bonds is 2. The molecule has 2 aliphatic rings. The van der Waals surface area contributed by atoms with Crippen LogP contribution in [0.4, 0.5) is 0 Å². The molecule has 102 valence electrons. The SMILES string of the molecule is CNC(=O)C1CCCCN1C1CCCCCC1=O. The molecule has 2 fully saturated rings. The first kappa shape index (κ1) is 13.5. The molecular formula is C14H24N2O2. The molecule has 2 atom stereocenters. The van der Waals surface area contributed by atoms with Gasteiger partial charge in [-0.15, -0.1) is 0 Å². The van der Waals surface area contributed by atoms with E-state index in [0.29, 0.717) is 12.2 Å². The number of likely N-dealkylation sites (tertiary alicyclic amines) is 1. The molecule has 0 spiro atoms. The lowest BCUT2D eigenvalue weighted by Gasteiger charge is -2.39. The predicted molar refractivity (Wildman–Crippen MR) is 70.3 cm³/mol. The Morgan fingerprint density at radius 1 is 1.17 bits per heavy atom. The van der Waals surface area contributed by atoms with E-state index in [1.165, 1.54) is 0 Å². The summed E-state index contributed by atoms with van der Waals surface area (Å²) in [6.45, 7) is 0.897. The molecule has 0 bridgehead atoms.